The van der Waals surface area contributed by atoms with Crippen molar-refractivity contribution in [3.05, 3.63) is 42.0 Å². The monoisotopic (exact) mass is 342 g/mol. The second kappa shape index (κ2) is 8.19. The molecule has 1 aromatic carbocycles. The number of carbonyl (C=O) groups excluding carboxylic acids is 2. The Morgan fingerprint density at radius 3 is 2.52 bits per heavy atom. The molecule has 0 bridgehead atoms. The van der Waals surface area contributed by atoms with E-state index < -0.39 is 0 Å². The molecule has 1 atom stereocenters. The first kappa shape index (κ1) is 17.5. The lowest BCUT2D eigenvalue weighted by Gasteiger charge is -2.26. The van der Waals surface area contributed by atoms with Gasteiger partial charge in [-0.2, -0.15) is 0 Å². The summed E-state index contributed by atoms with van der Waals surface area (Å²) in [6.45, 7) is 4.47. The lowest BCUT2D eigenvalue weighted by atomic mass is 10.1. The largest absolute Gasteiger partial charge is 0.484 e. The van der Waals surface area contributed by atoms with E-state index in [1.807, 2.05) is 15.9 Å². The molecule has 2 aliphatic heterocycles. The molecule has 1 unspecified atom stereocenters. The Hall–Kier alpha value is -2.30. The minimum atomic E-state index is 0.0350. The molecule has 5 heteroatoms. The van der Waals surface area contributed by atoms with Crippen LogP contribution >= 0.6 is 0 Å². The van der Waals surface area contributed by atoms with Crippen molar-refractivity contribution in [1.82, 2.24) is 9.80 Å². The van der Waals surface area contributed by atoms with E-state index in [0.29, 0.717) is 17.9 Å². The quantitative estimate of drug-likeness (QED) is 0.773. The summed E-state index contributed by atoms with van der Waals surface area (Å²) in [5.74, 6) is 0.690. The molecule has 0 N–H and O–H groups in total. The lowest BCUT2D eigenvalue weighted by molar-refractivity contribution is -0.134. The zero-order valence-corrected chi connectivity index (χ0v) is 14.8. The van der Waals surface area contributed by atoms with Gasteiger partial charge in [-0.1, -0.05) is 19.1 Å². The predicted octanol–water partition coefficient (Wildman–Crippen LogP) is 2.87. The van der Waals surface area contributed by atoms with Crippen LogP contribution in [0.5, 0.6) is 5.75 Å². The normalized spacial score (nSPS) is 20.0. The fourth-order valence-electron chi connectivity index (χ4n) is 3.40. The second-order valence-electron chi connectivity index (χ2n) is 6.62. The van der Waals surface area contributed by atoms with Gasteiger partial charge in [0.25, 0.3) is 11.8 Å². The van der Waals surface area contributed by atoms with Gasteiger partial charge in [-0.15, -0.1) is 0 Å². The van der Waals surface area contributed by atoms with Crippen LogP contribution in [0.1, 0.15) is 43.0 Å². The van der Waals surface area contributed by atoms with E-state index in [9.17, 15) is 9.59 Å². The maximum atomic E-state index is 12.6. The van der Waals surface area contributed by atoms with Crippen LogP contribution in [0.25, 0.3) is 0 Å². The summed E-state index contributed by atoms with van der Waals surface area (Å²) in [6.07, 6.45) is 8.39. The number of amides is 2. The van der Waals surface area contributed by atoms with Crippen molar-refractivity contribution in [3.63, 3.8) is 0 Å². The summed E-state index contributed by atoms with van der Waals surface area (Å²) in [7, 11) is 0. The van der Waals surface area contributed by atoms with Crippen LogP contribution in [0.2, 0.25) is 0 Å². The van der Waals surface area contributed by atoms with Crippen LogP contribution < -0.4 is 4.74 Å². The maximum Gasteiger partial charge on any atom is 0.260 e. The van der Waals surface area contributed by atoms with Gasteiger partial charge >= 0.3 is 0 Å². The molecule has 2 aliphatic rings. The third-order valence-electron chi connectivity index (χ3n) is 4.91. The van der Waals surface area contributed by atoms with Crippen molar-refractivity contribution in [2.75, 3.05) is 26.2 Å². The average Bonchev–Trinajstić information content (AvgIpc) is 3.15. The molecule has 3 rings (SSSR count). The number of likely N-dealkylation sites (tertiary alicyclic amines) is 1. The van der Waals surface area contributed by atoms with Crippen LogP contribution in [0.15, 0.2) is 36.4 Å². The van der Waals surface area contributed by atoms with Crippen LogP contribution in [0.3, 0.4) is 0 Å². The highest BCUT2D eigenvalue weighted by Gasteiger charge is 2.24. The van der Waals surface area contributed by atoms with Crippen LogP contribution in [-0.4, -0.2) is 53.9 Å². The Morgan fingerprint density at radius 1 is 1.12 bits per heavy atom. The molecule has 1 fully saturated rings. The fraction of sp³-hybridized carbons (Fsp3) is 0.500. The van der Waals surface area contributed by atoms with Gasteiger partial charge in [0.15, 0.2) is 6.61 Å². The van der Waals surface area contributed by atoms with Gasteiger partial charge in [0.05, 0.1) is 6.04 Å². The topological polar surface area (TPSA) is 49.9 Å². The van der Waals surface area contributed by atoms with Crippen molar-refractivity contribution in [3.8, 4) is 5.75 Å². The van der Waals surface area contributed by atoms with E-state index in [1.54, 1.807) is 24.3 Å². The Bertz CT molecular complexity index is 633. The molecule has 2 heterocycles. The van der Waals surface area contributed by atoms with Gasteiger partial charge in [-0.3, -0.25) is 9.59 Å². The molecule has 0 saturated carbocycles. The van der Waals surface area contributed by atoms with Crippen molar-refractivity contribution >= 4 is 11.8 Å². The molecule has 25 heavy (non-hydrogen) atoms. The maximum absolute atomic E-state index is 12.6. The van der Waals surface area contributed by atoms with Gasteiger partial charge < -0.3 is 14.5 Å². The smallest absolute Gasteiger partial charge is 0.260 e. The zero-order chi connectivity index (χ0) is 17.6. The second-order valence-corrected chi connectivity index (χ2v) is 6.62. The number of rotatable bonds is 5. The molecule has 0 aliphatic carbocycles. The summed E-state index contributed by atoms with van der Waals surface area (Å²) >= 11 is 0. The van der Waals surface area contributed by atoms with E-state index in [2.05, 4.69) is 13.0 Å². The van der Waals surface area contributed by atoms with E-state index in [-0.39, 0.29) is 24.5 Å². The zero-order valence-electron chi connectivity index (χ0n) is 14.8. The Morgan fingerprint density at radius 2 is 1.84 bits per heavy atom. The summed E-state index contributed by atoms with van der Waals surface area (Å²) in [5.41, 5.74) is 0.650. The first-order valence-corrected chi connectivity index (χ1v) is 9.17. The molecule has 134 valence electrons. The first-order chi connectivity index (χ1) is 12.2. The molecule has 2 amide bonds. The molecular weight excluding hydrogens is 316 g/mol. The molecule has 5 nitrogen and oxygen atoms in total. The standard InChI is InChI=1S/C20H26N2O3/c1-2-17-7-6-14-22(17)20(24)16-8-10-18(11-9-16)25-15-19(23)21-12-4-3-5-13-21/h6-11,17H,2-5,12-15H2,1H3. The highest BCUT2D eigenvalue weighted by Crippen LogP contribution is 2.19. The molecule has 1 saturated heterocycles. The third-order valence-corrected chi connectivity index (χ3v) is 4.91. The van der Waals surface area contributed by atoms with Crippen molar-refractivity contribution in [1.29, 1.82) is 0 Å². The van der Waals surface area contributed by atoms with Crippen molar-refractivity contribution in [2.24, 2.45) is 0 Å². The van der Waals surface area contributed by atoms with Gasteiger partial charge in [-0.05, 0) is 49.9 Å². The van der Waals surface area contributed by atoms with E-state index in [1.165, 1.54) is 6.42 Å². The first-order valence-electron chi connectivity index (χ1n) is 9.17. The highest BCUT2D eigenvalue weighted by molar-refractivity contribution is 5.95. The van der Waals surface area contributed by atoms with Crippen molar-refractivity contribution < 1.29 is 14.3 Å². The van der Waals surface area contributed by atoms with Gasteiger partial charge in [0.1, 0.15) is 5.75 Å². The number of hydrogen-bond donors (Lipinski definition) is 0. The lowest BCUT2D eigenvalue weighted by Crippen LogP contribution is -2.38. The van der Waals surface area contributed by atoms with Gasteiger partial charge in [0, 0.05) is 25.2 Å². The van der Waals surface area contributed by atoms with Gasteiger partial charge in [0.2, 0.25) is 0 Å². The Labute approximate surface area is 149 Å². The number of piperidine rings is 1. The summed E-state index contributed by atoms with van der Waals surface area (Å²) in [5, 5.41) is 0. The highest BCUT2D eigenvalue weighted by atomic mass is 16.5. The summed E-state index contributed by atoms with van der Waals surface area (Å²) in [4.78, 5) is 28.4. The molecule has 0 aromatic heterocycles. The minimum Gasteiger partial charge on any atom is -0.484 e. The van der Waals surface area contributed by atoms with Gasteiger partial charge in [-0.25, -0.2) is 0 Å². The van der Waals surface area contributed by atoms with E-state index in [0.717, 1.165) is 32.4 Å². The molecule has 1 aromatic rings. The van der Waals surface area contributed by atoms with E-state index in [4.69, 9.17) is 4.74 Å². The fourth-order valence-corrected chi connectivity index (χ4v) is 3.40. The minimum absolute atomic E-state index is 0.0350. The van der Waals surface area contributed by atoms with Crippen molar-refractivity contribution in [2.45, 2.75) is 38.6 Å². The van der Waals surface area contributed by atoms with Crippen LogP contribution in [0, 0.1) is 0 Å². The Kier molecular flexibility index (Phi) is 5.74. The Balaban J connectivity index is 1.53. The number of benzene rings is 1. The third kappa shape index (κ3) is 4.21. The molecular formula is C20H26N2O3. The summed E-state index contributed by atoms with van der Waals surface area (Å²) in [6, 6.07) is 7.26. The number of hydrogen-bond acceptors (Lipinski definition) is 3. The number of carbonyl (C=O) groups is 2. The van der Waals surface area contributed by atoms with Crippen LogP contribution in [0.4, 0.5) is 0 Å². The molecule has 0 radical (unpaired) electrons. The number of nitrogens with zero attached hydrogens (tertiary/aromatic N) is 2. The SMILES string of the molecule is CCC1C=CCN1C(=O)c1ccc(OCC(=O)N2CCCCC2)cc1. The van der Waals surface area contributed by atoms with E-state index >= 15 is 0 Å². The van der Waals surface area contributed by atoms with Crippen LogP contribution in [-0.2, 0) is 4.79 Å². The number of ether oxygens (including phenoxy) is 1. The predicted molar refractivity (Wildman–Crippen MR) is 96.6 cm³/mol. The molecule has 0 spiro atoms. The summed E-state index contributed by atoms with van der Waals surface area (Å²) < 4.78 is 5.60. The average molecular weight is 342 g/mol.